The van der Waals surface area contributed by atoms with Crippen molar-refractivity contribution in [3.05, 3.63) is 60.2 Å². The topological polar surface area (TPSA) is 18.5 Å². The molecule has 0 aromatic heterocycles. The molecule has 0 saturated carbocycles. The summed E-state index contributed by atoms with van der Waals surface area (Å²) in [6, 6.07) is 18.2. The van der Waals surface area contributed by atoms with E-state index >= 15 is 0 Å². The monoisotopic (exact) mass is 282 g/mol. The van der Waals surface area contributed by atoms with Crippen molar-refractivity contribution in [1.29, 1.82) is 0 Å². The molecule has 110 valence electrons. The van der Waals surface area contributed by atoms with Crippen LogP contribution >= 0.6 is 0 Å². The van der Waals surface area contributed by atoms with Crippen LogP contribution in [0.3, 0.4) is 0 Å². The third kappa shape index (κ3) is 2.63. The fourth-order valence-electron chi connectivity index (χ4n) is 2.77. The third-order valence-corrected chi connectivity index (χ3v) is 4.14. The van der Waals surface area contributed by atoms with Gasteiger partial charge < -0.3 is 9.47 Å². The molecule has 1 heterocycles. The zero-order valence-electron chi connectivity index (χ0n) is 12.9. The van der Waals surface area contributed by atoms with E-state index < -0.39 is 5.79 Å². The molecule has 0 saturated heterocycles. The number of ether oxygens (including phenoxy) is 2. The number of para-hydroxylation sites is 2. The maximum atomic E-state index is 6.37. The van der Waals surface area contributed by atoms with E-state index in [1.807, 2.05) is 42.5 Å². The molecule has 2 aromatic rings. The Labute approximate surface area is 126 Å². The average molecular weight is 282 g/mol. The van der Waals surface area contributed by atoms with Gasteiger partial charge in [-0.05, 0) is 30.2 Å². The van der Waals surface area contributed by atoms with Crippen molar-refractivity contribution < 1.29 is 9.47 Å². The molecule has 0 bridgehead atoms. The second kappa shape index (κ2) is 5.10. The van der Waals surface area contributed by atoms with Crippen molar-refractivity contribution in [3.63, 3.8) is 0 Å². The lowest BCUT2D eigenvalue weighted by Crippen LogP contribution is -2.55. The Morgan fingerprint density at radius 1 is 0.952 bits per heavy atom. The highest BCUT2D eigenvalue weighted by atomic mass is 16.7. The third-order valence-electron chi connectivity index (χ3n) is 4.14. The molecule has 1 atom stereocenters. The van der Waals surface area contributed by atoms with Gasteiger partial charge in [0.15, 0.2) is 0 Å². The Morgan fingerprint density at radius 3 is 2.33 bits per heavy atom. The van der Waals surface area contributed by atoms with Crippen molar-refractivity contribution in [1.82, 2.24) is 0 Å². The molecule has 0 amide bonds. The number of aryl methyl sites for hydroxylation is 1. The fourth-order valence-corrected chi connectivity index (χ4v) is 2.77. The zero-order chi connectivity index (χ0) is 14.9. The van der Waals surface area contributed by atoms with E-state index in [1.165, 1.54) is 5.56 Å². The number of hydrogen-bond donors (Lipinski definition) is 0. The lowest BCUT2D eigenvalue weighted by molar-refractivity contribution is -0.196. The molecule has 0 aliphatic carbocycles. The molecular formula is C19H22O2. The van der Waals surface area contributed by atoms with Crippen LogP contribution in [0.5, 0.6) is 11.5 Å². The molecule has 1 unspecified atom stereocenters. The number of rotatable bonds is 2. The van der Waals surface area contributed by atoms with Crippen LogP contribution in [0.1, 0.15) is 32.8 Å². The zero-order valence-corrected chi connectivity index (χ0v) is 12.9. The first-order valence-corrected chi connectivity index (χ1v) is 7.51. The average Bonchev–Trinajstić information content (AvgIpc) is 2.47. The van der Waals surface area contributed by atoms with E-state index in [9.17, 15) is 0 Å². The SMILES string of the molecule is CC(C)(C)C1(Oc2ccccc2)CCc2ccccc2O1. The summed E-state index contributed by atoms with van der Waals surface area (Å²) in [6.07, 6.45) is 1.82. The standard InChI is InChI=1S/C19H22O2/c1-18(2,3)19(20-16-10-5-4-6-11-16)14-13-15-9-7-8-12-17(15)21-19/h4-12H,13-14H2,1-3H3. The minimum Gasteiger partial charge on any atom is -0.452 e. The smallest absolute Gasteiger partial charge is 0.256 e. The molecule has 2 nitrogen and oxygen atoms in total. The van der Waals surface area contributed by atoms with E-state index in [-0.39, 0.29) is 5.41 Å². The van der Waals surface area contributed by atoms with Crippen molar-refractivity contribution in [3.8, 4) is 11.5 Å². The largest absolute Gasteiger partial charge is 0.452 e. The van der Waals surface area contributed by atoms with Gasteiger partial charge in [0, 0.05) is 11.8 Å². The molecule has 1 aliphatic heterocycles. The van der Waals surface area contributed by atoms with Crippen molar-refractivity contribution >= 4 is 0 Å². The van der Waals surface area contributed by atoms with Gasteiger partial charge in [-0.2, -0.15) is 0 Å². The van der Waals surface area contributed by atoms with Gasteiger partial charge in [-0.15, -0.1) is 0 Å². The first-order valence-electron chi connectivity index (χ1n) is 7.51. The first-order chi connectivity index (χ1) is 10.0. The van der Waals surface area contributed by atoms with Crippen LogP contribution in [0.4, 0.5) is 0 Å². The molecule has 0 fully saturated rings. The summed E-state index contributed by atoms with van der Waals surface area (Å²) in [7, 11) is 0. The van der Waals surface area contributed by atoms with Crippen molar-refractivity contribution in [2.45, 2.75) is 39.4 Å². The summed E-state index contributed by atoms with van der Waals surface area (Å²) in [6.45, 7) is 6.51. The molecule has 21 heavy (non-hydrogen) atoms. The number of hydrogen-bond acceptors (Lipinski definition) is 2. The van der Waals surface area contributed by atoms with Gasteiger partial charge in [0.1, 0.15) is 11.5 Å². The van der Waals surface area contributed by atoms with Gasteiger partial charge in [0.25, 0.3) is 5.79 Å². The highest BCUT2D eigenvalue weighted by Gasteiger charge is 2.49. The van der Waals surface area contributed by atoms with Crippen LogP contribution in [0.25, 0.3) is 0 Å². The molecule has 2 heteroatoms. The molecule has 1 aliphatic rings. The lowest BCUT2D eigenvalue weighted by atomic mass is 9.80. The Balaban J connectivity index is 1.97. The molecular weight excluding hydrogens is 260 g/mol. The normalized spacial score (nSPS) is 21.3. The molecule has 0 spiro atoms. The van der Waals surface area contributed by atoms with Gasteiger partial charge in [-0.25, -0.2) is 0 Å². The van der Waals surface area contributed by atoms with Crippen LogP contribution < -0.4 is 9.47 Å². The minimum absolute atomic E-state index is 0.129. The Hall–Kier alpha value is -1.96. The maximum Gasteiger partial charge on any atom is 0.256 e. The predicted molar refractivity (Wildman–Crippen MR) is 84.6 cm³/mol. The van der Waals surface area contributed by atoms with Gasteiger partial charge in [0.05, 0.1) is 0 Å². The van der Waals surface area contributed by atoms with Crippen LogP contribution in [0.15, 0.2) is 54.6 Å². The van der Waals surface area contributed by atoms with Crippen molar-refractivity contribution in [2.24, 2.45) is 5.41 Å². The lowest BCUT2D eigenvalue weighted by Gasteiger charge is -2.46. The number of fused-ring (bicyclic) bond motifs is 1. The van der Waals surface area contributed by atoms with Gasteiger partial charge in [-0.3, -0.25) is 0 Å². The van der Waals surface area contributed by atoms with Crippen LogP contribution in [0, 0.1) is 5.41 Å². The molecule has 0 N–H and O–H groups in total. The summed E-state index contributed by atoms with van der Waals surface area (Å²) >= 11 is 0. The van der Waals surface area contributed by atoms with E-state index in [0.29, 0.717) is 0 Å². The highest BCUT2D eigenvalue weighted by molar-refractivity contribution is 5.36. The molecule has 3 rings (SSSR count). The Kier molecular flexibility index (Phi) is 3.40. The fraction of sp³-hybridized carbons (Fsp3) is 0.368. The quantitative estimate of drug-likeness (QED) is 0.785. The summed E-state index contributed by atoms with van der Waals surface area (Å²) in [5.74, 6) is 1.16. The van der Waals surface area contributed by atoms with E-state index in [0.717, 1.165) is 24.3 Å². The second-order valence-corrected chi connectivity index (χ2v) is 6.63. The van der Waals surface area contributed by atoms with Gasteiger partial charge in [-0.1, -0.05) is 57.2 Å². The van der Waals surface area contributed by atoms with E-state index in [4.69, 9.17) is 9.47 Å². The molecule has 2 aromatic carbocycles. The summed E-state index contributed by atoms with van der Waals surface area (Å²) in [5.41, 5.74) is 1.13. The van der Waals surface area contributed by atoms with Gasteiger partial charge in [0.2, 0.25) is 0 Å². The Morgan fingerprint density at radius 2 is 1.62 bits per heavy atom. The van der Waals surface area contributed by atoms with Crippen LogP contribution in [-0.2, 0) is 6.42 Å². The van der Waals surface area contributed by atoms with Crippen LogP contribution in [-0.4, -0.2) is 5.79 Å². The van der Waals surface area contributed by atoms with Crippen molar-refractivity contribution in [2.75, 3.05) is 0 Å². The van der Waals surface area contributed by atoms with E-state index in [1.54, 1.807) is 0 Å². The summed E-state index contributed by atoms with van der Waals surface area (Å²) in [4.78, 5) is 0. The van der Waals surface area contributed by atoms with Gasteiger partial charge >= 0.3 is 0 Å². The Bertz CT molecular complexity index is 613. The summed E-state index contributed by atoms with van der Waals surface area (Å²) in [5, 5.41) is 0. The highest BCUT2D eigenvalue weighted by Crippen LogP contribution is 2.44. The first kappa shape index (κ1) is 14.0. The molecule has 0 radical (unpaired) electrons. The van der Waals surface area contributed by atoms with Crippen LogP contribution in [0.2, 0.25) is 0 Å². The van der Waals surface area contributed by atoms with E-state index in [2.05, 4.69) is 32.9 Å². The number of benzene rings is 2. The maximum absolute atomic E-state index is 6.37. The second-order valence-electron chi connectivity index (χ2n) is 6.63. The minimum atomic E-state index is -0.636. The predicted octanol–water partition coefficient (Wildman–Crippen LogP) is 4.83. The summed E-state index contributed by atoms with van der Waals surface area (Å²) < 4.78 is 12.7.